The molecule has 0 amide bonds. The third-order valence-corrected chi connectivity index (χ3v) is 10.7. The molecule has 0 saturated heterocycles. The Hall–Kier alpha value is -7.10. The SMILES string of the molecule is c1ccc(-c2ccc(N(c3ccc(-c4cccc5oc6ccc7ccc8oc9ccccc9c8c7c6c45)cc3)c3cccc4ccccc34)cc2)cc1. The van der Waals surface area contributed by atoms with Crippen molar-refractivity contribution in [2.24, 2.45) is 0 Å². The quantitative estimate of drug-likeness (QED) is 0.182. The van der Waals surface area contributed by atoms with Crippen molar-refractivity contribution in [3.63, 3.8) is 0 Å². The van der Waals surface area contributed by atoms with E-state index in [1.165, 1.54) is 21.9 Å². The Bertz CT molecular complexity index is 3140. The Morgan fingerprint density at radius 3 is 1.66 bits per heavy atom. The van der Waals surface area contributed by atoms with E-state index >= 15 is 0 Å². The van der Waals surface area contributed by atoms with Crippen molar-refractivity contribution in [3.8, 4) is 22.3 Å². The number of fused-ring (bicyclic) bond motifs is 10. The fourth-order valence-corrected chi connectivity index (χ4v) is 8.23. The van der Waals surface area contributed by atoms with Gasteiger partial charge in [0.15, 0.2) is 0 Å². The summed E-state index contributed by atoms with van der Waals surface area (Å²) >= 11 is 0. The van der Waals surface area contributed by atoms with Gasteiger partial charge in [0.05, 0.1) is 5.69 Å². The summed E-state index contributed by atoms with van der Waals surface area (Å²) in [5, 5.41) is 9.19. The van der Waals surface area contributed by atoms with E-state index in [4.69, 9.17) is 8.83 Å². The van der Waals surface area contributed by atoms with E-state index in [2.05, 4.69) is 181 Å². The minimum atomic E-state index is 0.870. The molecule has 0 atom stereocenters. The van der Waals surface area contributed by atoms with Gasteiger partial charge in [0, 0.05) is 43.7 Å². The third kappa shape index (κ3) is 4.68. The van der Waals surface area contributed by atoms with Crippen LogP contribution in [0.5, 0.6) is 0 Å². The molecule has 0 aliphatic heterocycles. The molecule has 0 saturated carbocycles. The molecule has 0 radical (unpaired) electrons. The maximum Gasteiger partial charge on any atom is 0.136 e. The number of anilines is 3. The second-order valence-corrected chi connectivity index (χ2v) is 13.6. The van der Waals surface area contributed by atoms with Crippen LogP contribution in [-0.2, 0) is 0 Å². The van der Waals surface area contributed by atoms with Gasteiger partial charge in [-0.3, -0.25) is 0 Å². The summed E-state index contributed by atoms with van der Waals surface area (Å²) in [6, 6.07) is 66.7. The fraction of sp³-hybridized carbons (Fsp3) is 0. The number of para-hydroxylation sites is 1. The number of benzene rings is 9. The van der Waals surface area contributed by atoms with Crippen LogP contribution in [0.1, 0.15) is 0 Å². The summed E-state index contributed by atoms with van der Waals surface area (Å²) in [6.07, 6.45) is 0. The van der Waals surface area contributed by atoms with Crippen LogP contribution in [0.25, 0.3) is 87.7 Å². The minimum absolute atomic E-state index is 0.870. The molecule has 0 aliphatic carbocycles. The van der Waals surface area contributed by atoms with Crippen LogP contribution < -0.4 is 4.90 Å². The van der Waals surface area contributed by atoms with Crippen molar-refractivity contribution in [1.82, 2.24) is 0 Å². The monoisotopic (exact) mass is 677 g/mol. The highest BCUT2D eigenvalue weighted by Crippen LogP contribution is 2.45. The molecule has 3 nitrogen and oxygen atoms in total. The van der Waals surface area contributed by atoms with E-state index < -0.39 is 0 Å². The van der Waals surface area contributed by atoms with Crippen molar-refractivity contribution in [2.45, 2.75) is 0 Å². The second kappa shape index (κ2) is 11.7. The fourth-order valence-electron chi connectivity index (χ4n) is 8.23. The first-order valence-electron chi connectivity index (χ1n) is 18.0. The van der Waals surface area contributed by atoms with Gasteiger partial charge in [-0.1, -0.05) is 133 Å². The van der Waals surface area contributed by atoms with Crippen LogP contribution in [0.3, 0.4) is 0 Å². The number of hydrogen-bond acceptors (Lipinski definition) is 3. The molecule has 0 spiro atoms. The second-order valence-electron chi connectivity index (χ2n) is 13.6. The molecule has 11 rings (SSSR count). The Labute approximate surface area is 305 Å². The summed E-state index contributed by atoms with van der Waals surface area (Å²) in [6.45, 7) is 0. The predicted octanol–water partition coefficient (Wildman–Crippen LogP) is 14.6. The summed E-state index contributed by atoms with van der Waals surface area (Å²) < 4.78 is 12.9. The van der Waals surface area contributed by atoms with E-state index in [0.717, 1.165) is 82.8 Å². The number of rotatable bonds is 5. The molecule has 0 aliphatic rings. The average Bonchev–Trinajstić information content (AvgIpc) is 3.81. The first-order valence-corrected chi connectivity index (χ1v) is 18.0. The minimum Gasteiger partial charge on any atom is -0.456 e. The van der Waals surface area contributed by atoms with Crippen molar-refractivity contribution in [1.29, 1.82) is 0 Å². The Morgan fingerprint density at radius 2 is 0.868 bits per heavy atom. The maximum absolute atomic E-state index is 6.58. The lowest BCUT2D eigenvalue weighted by Crippen LogP contribution is -2.10. The van der Waals surface area contributed by atoms with Crippen molar-refractivity contribution >= 4 is 82.5 Å². The normalized spacial score (nSPS) is 11.8. The molecular formula is C50H31NO2. The summed E-state index contributed by atoms with van der Waals surface area (Å²) in [7, 11) is 0. The lowest BCUT2D eigenvalue weighted by Gasteiger charge is -2.27. The highest BCUT2D eigenvalue weighted by molar-refractivity contribution is 6.32. The van der Waals surface area contributed by atoms with Crippen molar-refractivity contribution in [2.75, 3.05) is 4.90 Å². The van der Waals surface area contributed by atoms with Crippen molar-refractivity contribution in [3.05, 3.63) is 188 Å². The van der Waals surface area contributed by atoms with Gasteiger partial charge in [0.1, 0.15) is 22.3 Å². The average molecular weight is 678 g/mol. The number of furan rings is 2. The van der Waals surface area contributed by atoms with Crippen molar-refractivity contribution < 1.29 is 8.83 Å². The molecule has 0 fully saturated rings. The molecule has 11 aromatic rings. The molecule has 9 aromatic carbocycles. The highest BCUT2D eigenvalue weighted by Gasteiger charge is 2.20. The lowest BCUT2D eigenvalue weighted by atomic mass is 9.94. The van der Waals surface area contributed by atoms with Gasteiger partial charge in [-0.05, 0) is 87.6 Å². The standard InChI is InChI=1S/C50H31NO2/c1-2-10-32(11-3-1)33-20-26-37(27-21-33)51(42-17-8-13-34-12-4-5-14-39(34)42)38-28-22-35(23-29-38)40-16-9-19-44-48(40)50-46(53-44)31-25-36-24-30-45-49(47(36)50)41-15-6-7-18-43(41)52-45/h1-31H. The zero-order valence-electron chi connectivity index (χ0n) is 28.7. The van der Waals surface area contributed by atoms with Gasteiger partial charge < -0.3 is 13.7 Å². The van der Waals surface area contributed by atoms with Gasteiger partial charge in [-0.25, -0.2) is 0 Å². The molecular weight excluding hydrogens is 647 g/mol. The zero-order valence-corrected chi connectivity index (χ0v) is 28.7. The van der Waals surface area contributed by atoms with Crippen LogP contribution in [0.2, 0.25) is 0 Å². The first kappa shape index (κ1) is 29.6. The molecule has 248 valence electrons. The summed E-state index contributed by atoms with van der Waals surface area (Å²) in [5.74, 6) is 0. The summed E-state index contributed by atoms with van der Waals surface area (Å²) in [5.41, 5.74) is 11.5. The van der Waals surface area contributed by atoms with Gasteiger partial charge in [0.2, 0.25) is 0 Å². The summed E-state index contributed by atoms with van der Waals surface area (Å²) in [4.78, 5) is 2.36. The largest absolute Gasteiger partial charge is 0.456 e. The van der Waals surface area contributed by atoms with Crippen LogP contribution >= 0.6 is 0 Å². The van der Waals surface area contributed by atoms with E-state index in [0.29, 0.717) is 0 Å². The lowest BCUT2D eigenvalue weighted by molar-refractivity contribution is 0.669. The van der Waals surface area contributed by atoms with E-state index in [9.17, 15) is 0 Å². The third-order valence-electron chi connectivity index (χ3n) is 10.7. The van der Waals surface area contributed by atoms with E-state index in [-0.39, 0.29) is 0 Å². The zero-order chi connectivity index (χ0) is 34.9. The van der Waals surface area contributed by atoms with Gasteiger partial charge in [-0.15, -0.1) is 0 Å². The Kier molecular flexibility index (Phi) is 6.55. The molecule has 0 N–H and O–H groups in total. The molecule has 0 bridgehead atoms. The molecule has 2 heterocycles. The molecule has 3 heteroatoms. The van der Waals surface area contributed by atoms with Crippen LogP contribution in [0, 0.1) is 0 Å². The van der Waals surface area contributed by atoms with Gasteiger partial charge in [-0.2, -0.15) is 0 Å². The topological polar surface area (TPSA) is 29.5 Å². The predicted molar refractivity (Wildman–Crippen MR) is 222 cm³/mol. The number of nitrogens with zero attached hydrogens (tertiary/aromatic N) is 1. The first-order chi connectivity index (χ1) is 26.3. The molecule has 53 heavy (non-hydrogen) atoms. The van der Waals surface area contributed by atoms with Crippen LogP contribution in [-0.4, -0.2) is 0 Å². The van der Waals surface area contributed by atoms with Gasteiger partial charge >= 0.3 is 0 Å². The van der Waals surface area contributed by atoms with Crippen LogP contribution in [0.15, 0.2) is 197 Å². The molecule has 0 unspecified atom stereocenters. The maximum atomic E-state index is 6.58. The van der Waals surface area contributed by atoms with Gasteiger partial charge in [0.25, 0.3) is 0 Å². The highest BCUT2D eigenvalue weighted by atomic mass is 16.3. The van der Waals surface area contributed by atoms with Crippen LogP contribution in [0.4, 0.5) is 17.1 Å². The Balaban J connectivity index is 1.09. The smallest absolute Gasteiger partial charge is 0.136 e. The van der Waals surface area contributed by atoms with E-state index in [1.807, 2.05) is 12.1 Å². The molecule has 2 aromatic heterocycles. The van der Waals surface area contributed by atoms with E-state index in [1.54, 1.807) is 0 Å². The Morgan fingerprint density at radius 1 is 0.302 bits per heavy atom. The number of hydrogen-bond donors (Lipinski definition) is 0.